The predicted molar refractivity (Wildman–Crippen MR) is 108 cm³/mol. The molecule has 3 aromatic carbocycles. The molecule has 2 aliphatic rings. The fourth-order valence-corrected chi connectivity index (χ4v) is 3.85. The highest BCUT2D eigenvalue weighted by Crippen LogP contribution is 2.44. The Labute approximate surface area is 164 Å². The molecule has 4 nitrogen and oxygen atoms in total. The molecule has 0 saturated heterocycles. The van der Waals surface area contributed by atoms with Crippen LogP contribution in [0.4, 0.5) is 11.4 Å². The van der Waals surface area contributed by atoms with Crippen LogP contribution in [0.5, 0.6) is 11.5 Å². The molecule has 132 valence electrons. The molecule has 0 radical (unpaired) electrons. The van der Waals surface area contributed by atoms with E-state index in [1.165, 1.54) is 0 Å². The van der Waals surface area contributed by atoms with Crippen LogP contribution in [0, 0.1) is 0 Å². The third-order valence-electron chi connectivity index (χ3n) is 4.67. The van der Waals surface area contributed by atoms with Crippen molar-refractivity contribution in [2.75, 3.05) is 11.7 Å². The van der Waals surface area contributed by atoms with Crippen LogP contribution in [0.25, 0.3) is 11.6 Å². The first kappa shape index (κ1) is 16.1. The number of amides is 1. The highest BCUT2D eigenvalue weighted by Gasteiger charge is 2.33. The first-order chi connectivity index (χ1) is 13.2. The highest BCUT2D eigenvalue weighted by molar-refractivity contribution is 9.10. The molecule has 0 bridgehead atoms. The summed E-state index contributed by atoms with van der Waals surface area (Å²) in [4.78, 5) is 15.1. The van der Waals surface area contributed by atoms with E-state index < -0.39 is 0 Å². The number of halogens is 1. The second-order valence-corrected chi connectivity index (χ2v) is 7.13. The lowest BCUT2D eigenvalue weighted by Gasteiger charge is -2.16. The maximum absolute atomic E-state index is 13.3. The highest BCUT2D eigenvalue weighted by atomic mass is 79.9. The quantitative estimate of drug-likeness (QED) is 0.522. The van der Waals surface area contributed by atoms with E-state index in [1.807, 2.05) is 72.8 Å². The minimum absolute atomic E-state index is 0.0491. The van der Waals surface area contributed by atoms with Gasteiger partial charge in [0.15, 0.2) is 11.5 Å². The minimum atomic E-state index is -0.0491. The molecule has 2 heterocycles. The Hall–Kier alpha value is -3.05. The Morgan fingerprint density at radius 3 is 2.44 bits per heavy atom. The van der Waals surface area contributed by atoms with Gasteiger partial charge < -0.3 is 9.47 Å². The molecule has 27 heavy (non-hydrogen) atoms. The van der Waals surface area contributed by atoms with Gasteiger partial charge in [0.05, 0.1) is 11.3 Å². The van der Waals surface area contributed by atoms with Crippen molar-refractivity contribution in [1.29, 1.82) is 0 Å². The van der Waals surface area contributed by atoms with E-state index in [0.717, 1.165) is 27.0 Å². The summed E-state index contributed by atoms with van der Waals surface area (Å²) < 4.78 is 11.7. The maximum atomic E-state index is 13.3. The number of rotatable bonds is 2. The van der Waals surface area contributed by atoms with E-state index in [0.29, 0.717) is 17.1 Å². The fourth-order valence-electron chi connectivity index (χ4n) is 3.41. The number of nitrogens with zero attached hydrogens (tertiary/aromatic N) is 1. The zero-order valence-corrected chi connectivity index (χ0v) is 15.8. The number of fused-ring (bicyclic) bond motifs is 2. The molecule has 5 rings (SSSR count). The molecule has 0 fully saturated rings. The Morgan fingerprint density at radius 2 is 1.63 bits per heavy atom. The average Bonchev–Trinajstić information content (AvgIpc) is 3.25. The van der Waals surface area contributed by atoms with Gasteiger partial charge in [-0.2, -0.15) is 0 Å². The van der Waals surface area contributed by atoms with Gasteiger partial charge in [-0.25, -0.2) is 0 Å². The summed E-state index contributed by atoms with van der Waals surface area (Å²) in [5.41, 5.74) is 4.16. The molecule has 0 aromatic heterocycles. The molecule has 0 aliphatic carbocycles. The molecule has 0 atom stereocenters. The fraction of sp³-hybridized carbons (Fsp3) is 0.0455. The monoisotopic (exact) mass is 419 g/mol. The molecule has 3 aromatic rings. The van der Waals surface area contributed by atoms with Crippen LogP contribution >= 0.6 is 15.9 Å². The van der Waals surface area contributed by atoms with Gasteiger partial charge in [0.1, 0.15) is 0 Å². The second kappa shape index (κ2) is 6.28. The van der Waals surface area contributed by atoms with Gasteiger partial charge in [0, 0.05) is 15.7 Å². The van der Waals surface area contributed by atoms with E-state index in [1.54, 1.807) is 4.90 Å². The first-order valence-electron chi connectivity index (χ1n) is 8.52. The summed E-state index contributed by atoms with van der Waals surface area (Å²) in [6.45, 7) is 0.214. The Morgan fingerprint density at radius 1 is 0.926 bits per heavy atom. The average molecular weight is 420 g/mol. The lowest BCUT2D eigenvalue weighted by atomic mass is 10.0. The van der Waals surface area contributed by atoms with Crippen molar-refractivity contribution in [3.05, 3.63) is 82.3 Å². The molecule has 0 spiro atoms. The number of anilines is 2. The van der Waals surface area contributed by atoms with Gasteiger partial charge in [-0.15, -0.1) is 0 Å². The molecule has 0 unspecified atom stereocenters. The van der Waals surface area contributed by atoms with Crippen LogP contribution in [-0.2, 0) is 4.79 Å². The van der Waals surface area contributed by atoms with Crippen LogP contribution in [0.15, 0.2) is 71.2 Å². The molecule has 2 aliphatic heterocycles. The zero-order chi connectivity index (χ0) is 18.4. The Kier molecular flexibility index (Phi) is 3.76. The number of carbonyl (C=O) groups excluding carboxylic acids is 1. The number of hydrogen-bond donors (Lipinski definition) is 0. The van der Waals surface area contributed by atoms with Crippen molar-refractivity contribution in [2.24, 2.45) is 0 Å². The molecular formula is C22H14BrNO3. The zero-order valence-electron chi connectivity index (χ0n) is 14.2. The first-order valence-corrected chi connectivity index (χ1v) is 9.31. The Bertz CT molecular complexity index is 1090. The number of benzene rings is 3. The van der Waals surface area contributed by atoms with Crippen molar-refractivity contribution in [2.45, 2.75) is 0 Å². The number of hydrogen-bond acceptors (Lipinski definition) is 3. The largest absolute Gasteiger partial charge is 0.454 e. The molecule has 0 N–H and O–H groups in total. The Balaban J connectivity index is 1.65. The second-order valence-electron chi connectivity index (χ2n) is 6.28. The van der Waals surface area contributed by atoms with E-state index >= 15 is 0 Å². The van der Waals surface area contributed by atoms with Gasteiger partial charge in [-0.1, -0.05) is 52.3 Å². The van der Waals surface area contributed by atoms with Crippen LogP contribution in [-0.4, -0.2) is 12.7 Å². The van der Waals surface area contributed by atoms with Crippen molar-refractivity contribution in [1.82, 2.24) is 0 Å². The summed E-state index contributed by atoms with van der Waals surface area (Å²) in [5, 5.41) is 0. The van der Waals surface area contributed by atoms with E-state index in [9.17, 15) is 4.79 Å². The lowest BCUT2D eigenvalue weighted by molar-refractivity contribution is -0.112. The summed E-state index contributed by atoms with van der Waals surface area (Å²) in [6, 6.07) is 21.3. The predicted octanol–water partition coefficient (Wildman–Crippen LogP) is 5.40. The van der Waals surface area contributed by atoms with Crippen molar-refractivity contribution in [3.8, 4) is 11.5 Å². The SMILES string of the molecule is O=C1/C(=C/c2cc3c(cc2Br)OCO3)c2ccccc2N1c1ccccc1. The van der Waals surface area contributed by atoms with Crippen LogP contribution < -0.4 is 14.4 Å². The van der Waals surface area contributed by atoms with Crippen LogP contribution in [0.3, 0.4) is 0 Å². The van der Waals surface area contributed by atoms with Gasteiger partial charge in [-0.3, -0.25) is 9.69 Å². The van der Waals surface area contributed by atoms with Crippen LogP contribution in [0.2, 0.25) is 0 Å². The van der Waals surface area contributed by atoms with Gasteiger partial charge in [-0.05, 0) is 42.0 Å². The lowest BCUT2D eigenvalue weighted by Crippen LogP contribution is -2.20. The minimum Gasteiger partial charge on any atom is -0.454 e. The topological polar surface area (TPSA) is 38.8 Å². The number of para-hydroxylation sites is 2. The standard InChI is InChI=1S/C22H14BrNO3/c23-18-12-21-20(26-13-27-21)11-14(18)10-17-16-8-4-5-9-19(16)24(22(17)25)15-6-2-1-3-7-15/h1-12H,13H2/b17-10+. The molecule has 1 amide bonds. The summed E-state index contributed by atoms with van der Waals surface area (Å²) in [7, 11) is 0. The van der Waals surface area contributed by atoms with E-state index in [-0.39, 0.29) is 12.7 Å². The van der Waals surface area contributed by atoms with Crippen molar-refractivity contribution >= 4 is 44.9 Å². The number of carbonyl (C=O) groups is 1. The summed E-state index contributed by atoms with van der Waals surface area (Å²) >= 11 is 3.57. The third kappa shape index (κ3) is 2.62. The van der Waals surface area contributed by atoms with Crippen LogP contribution in [0.1, 0.15) is 11.1 Å². The smallest absolute Gasteiger partial charge is 0.263 e. The van der Waals surface area contributed by atoms with Crippen molar-refractivity contribution in [3.63, 3.8) is 0 Å². The van der Waals surface area contributed by atoms with E-state index in [2.05, 4.69) is 15.9 Å². The van der Waals surface area contributed by atoms with E-state index in [4.69, 9.17) is 9.47 Å². The van der Waals surface area contributed by atoms with Gasteiger partial charge in [0.2, 0.25) is 6.79 Å². The molecule has 0 saturated carbocycles. The summed E-state index contributed by atoms with van der Waals surface area (Å²) in [6.07, 6.45) is 1.90. The third-order valence-corrected chi connectivity index (χ3v) is 5.36. The summed E-state index contributed by atoms with van der Waals surface area (Å²) in [5.74, 6) is 1.34. The van der Waals surface area contributed by atoms with Gasteiger partial charge >= 0.3 is 0 Å². The number of ether oxygens (including phenoxy) is 2. The molecular weight excluding hydrogens is 406 g/mol. The van der Waals surface area contributed by atoms with Gasteiger partial charge in [0.25, 0.3) is 5.91 Å². The van der Waals surface area contributed by atoms with Crippen molar-refractivity contribution < 1.29 is 14.3 Å². The maximum Gasteiger partial charge on any atom is 0.263 e. The molecule has 5 heteroatoms. The normalized spacial score (nSPS) is 16.1.